The number of carbonyl (C=O) groups is 1. The Labute approximate surface area is 103 Å². The minimum absolute atomic E-state index is 0.0684. The molecule has 0 fully saturated rings. The smallest absolute Gasteiger partial charge is 0.224 e. The Kier molecular flexibility index (Phi) is 5.70. The van der Waals surface area contributed by atoms with Crippen LogP contribution in [0.2, 0.25) is 0 Å². The van der Waals surface area contributed by atoms with Crippen molar-refractivity contribution in [1.82, 2.24) is 5.32 Å². The topological polar surface area (TPSA) is 55.1 Å². The normalized spacial score (nSPS) is 12.2. The molecule has 0 saturated carbocycles. The molecule has 0 saturated heterocycles. The standard InChI is InChI=1S/C14H22N2O/c1-3-13(15)7-8-16-14(17)10-12-6-4-5-11(2)9-12/h4-6,9,13H,3,7-8,10,15H2,1-2H3,(H,16,17). The average Bonchev–Trinajstić information content (AvgIpc) is 2.28. The van der Waals surface area contributed by atoms with Crippen LogP contribution < -0.4 is 11.1 Å². The van der Waals surface area contributed by atoms with Crippen molar-refractivity contribution in [2.24, 2.45) is 5.73 Å². The summed E-state index contributed by atoms with van der Waals surface area (Å²) in [6, 6.07) is 8.21. The van der Waals surface area contributed by atoms with Crippen molar-refractivity contribution in [3.05, 3.63) is 35.4 Å². The zero-order valence-electron chi connectivity index (χ0n) is 10.7. The summed E-state index contributed by atoms with van der Waals surface area (Å²) in [7, 11) is 0. The number of hydrogen-bond acceptors (Lipinski definition) is 2. The highest BCUT2D eigenvalue weighted by molar-refractivity contribution is 5.78. The van der Waals surface area contributed by atoms with E-state index in [2.05, 4.69) is 12.2 Å². The number of hydrogen-bond donors (Lipinski definition) is 2. The maximum atomic E-state index is 11.6. The second-order valence-electron chi connectivity index (χ2n) is 4.47. The van der Waals surface area contributed by atoms with E-state index in [1.54, 1.807) is 0 Å². The van der Waals surface area contributed by atoms with Gasteiger partial charge in [0.25, 0.3) is 0 Å². The molecule has 17 heavy (non-hydrogen) atoms. The van der Waals surface area contributed by atoms with Crippen molar-refractivity contribution < 1.29 is 4.79 Å². The molecule has 1 atom stereocenters. The first-order chi connectivity index (χ1) is 8.11. The molecule has 3 nitrogen and oxygen atoms in total. The van der Waals surface area contributed by atoms with E-state index in [4.69, 9.17) is 5.73 Å². The van der Waals surface area contributed by atoms with Crippen LogP contribution in [0.1, 0.15) is 30.9 Å². The van der Waals surface area contributed by atoms with Gasteiger partial charge in [-0.15, -0.1) is 0 Å². The van der Waals surface area contributed by atoms with Crippen molar-refractivity contribution in [3.8, 4) is 0 Å². The number of rotatable bonds is 6. The van der Waals surface area contributed by atoms with E-state index in [-0.39, 0.29) is 11.9 Å². The molecular weight excluding hydrogens is 212 g/mol. The molecule has 1 amide bonds. The van der Waals surface area contributed by atoms with Crippen LogP contribution in [0.4, 0.5) is 0 Å². The molecule has 1 unspecified atom stereocenters. The summed E-state index contributed by atoms with van der Waals surface area (Å²) < 4.78 is 0. The van der Waals surface area contributed by atoms with Crippen LogP contribution in [0.5, 0.6) is 0 Å². The van der Waals surface area contributed by atoms with Crippen molar-refractivity contribution >= 4 is 5.91 Å². The van der Waals surface area contributed by atoms with Gasteiger partial charge in [-0.2, -0.15) is 0 Å². The molecule has 0 radical (unpaired) electrons. The van der Waals surface area contributed by atoms with Gasteiger partial charge in [-0.25, -0.2) is 0 Å². The molecule has 0 spiro atoms. The van der Waals surface area contributed by atoms with Crippen LogP contribution in [-0.4, -0.2) is 18.5 Å². The van der Waals surface area contributed by atoms with Crippen LogP contribution in [0.15, 0.2) is 24.3 Å². The Morgan fingerprint density at radius 3 is 2.88 bits per heavy atom. The lowest BCUT2D eigenvalue weighted by Crippen LogP contribution is -2.30. The van der Waals surface area contributed by atoms with Gasteiger partial charge in [0.15, 0.2) is 0 Å². The van der Waals surface area contributed by atoms with Crippen molar-refractivity contribution in [3.63, 3.8) is 0 Å². The predicted molar refractivity (Wildman–Crippen MR) is 70.8 cm³/mol. The fraction of sp³-hybridized carbons (Fsp3) is 0.500. The maximum absolute atomic E-state index is 11.6. The number of nitrogens with two attached hydrogens (primary N) is 1. The monoisotopic (exact) mass is 234 g/mol. The van der Waals surface area contributed by atoms with Gasteiger partial charge in [-0.05, 0) is 25.3 Å². The fourth-order valence-electron chi connectivity index (χ4n) is 1.67. The van der Waals surface area contributed by atoms with E-state index < -0.39 is 0 Å². The molecule has 1 aromatic rings. The molecule has 0 aromatic heterocycles. The molecule has 0 aliphatic rings. The highest BCUT2D eigenvalue weighted by atomic mass is 16.1. The van der Waals surface area contributed by atoms with Gasteiger partial charge in [0, 0.05) is 12.6 Å². The summed E-state index contributed by atoms with van der Waals surface area (Å²) >= 11 is 0. The zero-order valence-corrected chi connectivity index (χ0v) is 10.7. The lowest BCUT2D eigenvalue weighted by molar-refractivity contribution is -0.120. The molecule has 1 aromatic carbocycles. The van der Waals surface area contributed by atoms with Crippen LogP contribution in [0, 0.1) is 6.92 Å². The largest absolute Gasteiger partial charge is 0.356 e. The van der Waals surface area contributed by atoms with Gasteiger partial charge >= 0.3 is 0 Å². The first kappa shape index (κ1) is 13.7. The minimum atomic E-state index is 0.0684. The highest BCUT2D eigenvalue weighted by Gasteiger charge is 2.04. The van der Waals surface area contributed by atoms with Crippen LogP contribution in [0.3, 0.4) is 0 Å². The van der Waals surface area contributed by atoms with Crippen molar-refractivity contribution in [2.75, 3.05) is 6.54 Å². The summed E-state index contributed by atoms with van der Waals surface area (Å²) in [6.45, 7) is 4.75. The predicted octanol–water partition coefficient (Wildman–Crippen LogP) is 1.78. The van der Waals surface area contributed by atoms with E-state index in [9.17, 15) is 4.79 Å². The van der Waals surface area contributed by atoms with E-state index in [0.29, 0.717) is 13.0 Å². The van der Waals surface area contributed by atoms with Crippen molar-refractivity contribution in [1.29, 1.82) is 0 Å². The summed E-state index contributed by atoms with van der Waals surface area (Å²) in [5.74, 6) is 0.0684. The molecule has 0 aliphatic carbocycles. The van der Waals surface area contributed by atoms with Gasteiger partial charge in [-0.3, -0.25) is 4.79 Å². The quantitative estimate of drug-likeness (QED) is 0.788. The van der Waals surface area contributed by atoms with Crippen molar-refractivity contribution in [2.45, 2.75) is 39.2 Å². The molecule has 0 bridgehead atoms. The van der Waals surface area contributed by atoms with E-state index >= 15 is 0 Å². The van der Waals surface area contributed by atoms with Crippen LogP contribution >= 0.6 is 0 Å². The number of benzene rings is 1. The lowest BCUT2D eigenvalue weighted by Gasteiger charge is -2.09. The molecule has 3 heteroatoms. The number of amides is 1. The Bertz CT molecular complexity index is 363. The van der Waals surface area contributed by atoms with E-state index in [1.807, 2.05) is 31.2 Å². The summed E-state index contributed by atoms with van der Waals surface area (Å²) in [6.07, 6.45) is 2.24. The minimum Gasteiger partial charge on any atom is -0.356 e. The molecule has 1 rings (SSSR count). The zero-order chi connectivity index (χ0) is 12.7. The average molecular weight is 234 g/mol. The molecule has 0 heterocycles. The summed E-state index contributed by atoms with van der Waals surface area (Å²) in [4.78, 5) is 11.6. The van der Waals surface area contributed by atoms with E-state index in [0.717, 1.165) is 18.4 Å². The Hall–Kier alpha value is -1.35. The van der Waals surface area contributed by atoms with E-state index in [1.165, 1.54) is 5.56 Å². The Morgan fingerprint density at radius 1 is 1.47 bits per heavy atom. The van der Waals surface area contributed by atoms with Crippen LogP contribution in [0.25, 0.3) is 0 Å². The summed E-state index contributed by atoms with van der Waals surface area (Å²) in [5, 5.41) is 2.90. The molecule has 94 valence electrons. The van der Waals surface area contributed by atoms with Gasteiger partial charge in [0.2, 0.25) is 5.91 Å². The number of aryl methyl sites for hydroxylation is 1. The van der Waals surface area contributed by atoms with Gasteiger partial charge in [0.1, 0.15) is 0 Å². The third-order valence-corrected chi connectivity index (χ3v) is 2.81. The molecular formula is C14H22N2O. The SMILES string of the molecule is CCC(N)CCNC(=O)Cc1cccc(C)c1. The molecule has 3 N–H and O–H groups in total. The highest BCUT2D eigenvalue weighted by Crippen LogP contribution is 2.04. The third-order valence-electron chi connectivity index (χ3n) is 2.81. The first-order valence-corrected chi connectivity index (χ1v) is 6.19. The first-order valence-electron chi connectivity index (χ1n) is 6.19. The maximum Gasteiger partial charge on any atom is 0.224 e. The second kappa shape index (κ2) is 7.07. The molecule has 0 aliphatic heterocycles. The Balaban J connectivity index is 2.30. The van der Waals surface area contributed by atoms with Gasteiger partial charge in [0.05, 0.1) is 6.42 Å². The second-order valence-corrected chi connectivity index (χ2v) is 4.47. The number of carbonyl (C=O) groups excluding carboxylic acids is 1. The number of nitrogens with one attached hydrogen (secondary N) is 1. The van der Waals surface area contributed by atoms with Crippen LogP contribution in [-0.2, 0) is 11.2 Å². The lowest BCUT2D eigenvalue weighted by atomic mass is 10.1. The van der Waals surface area contributed by atoms with Gasteiger partial charge in [-0.1, -0.05) is 36.8 Å². The third kappa shape index (κ3) is 5.50. The van der Waals surface area contributed by atoms with Gasteiger partial charge < -0.3 is 11.1 Å². The Morgan fingerprint density at radius 2 is 2.24 bits per heavy atom. The summed E-state index contributed by atoms with van der Waals surface area (Å²) in [5.41, 5.74) is 8.02. The fourth-order valence-corrected chi connectivity index (χ4v) is 1.67.